The van der Waals surface area contributed by atoms with Crippen molar-refractivity contribution in [2.24, 2.45) is 0 Å². The summed E-state index contributed by atoms with van der Waals surface area (Å²) in [6, 6.07) is 6.16. The molecule has 1 atom stereocenters. The number of ether oxygens (including phenoxy) is 1. The highest BCUT2D eigenvalue weighted by atomic mass is 16.5. The quantitative estimate of drug-likeness (QED) is 0.885. The Bertz CT molecular complexity index is 488. The van der Waals surface area contributed by atoms with Gasteiger partial charge in [0, 0.05) is 18.8 Å². The van der Waals surface area contributed by atoms with E-state index in [4.69, 9.17) is 10.00 Å². The van der Waals surface area contributed by atoms with Crippen LogP contribution in [-0.2, 0) is 4.74 Å². The first-order chi connectivity index (χ1) is 9.31. The molecular weight excluding hydrogens is 238 g/mol. The monoisotopic (exact) mass is 257 g/mol. The minimum atomic E-state index is 0.0947. The molecule has 2 heterocycles. The normalized spacial score (nSPS) is 25.1. The Balaban J connectivity index is 1.71. The zero-order valence-corrected chi connectivity index (χ0v) is 11.1. The summed E-state index contributed by atoms with van der Waals surface area (Å²) in [5, 5.41) is 12.5. The first kappa shape index (κ1) is 12.4. The molecule has 1 N–H and O–H groups in total. The first-order valence-corrected chi connectivity index (χ1v) is 7.07. The third kappa shape index (κ3) is 2.57. The van der Waals surface area contributed by atoms with Crippen LogP contribution in [0.1, 0.15) is 44.1 Å². The van der Waals surface area contributed by atoms with Gasteiger partial charge in [-0.1, -0.05) is 12.8 Å². The maximum atomic E-state index is 9.10. The van der Waals surface area contributed by atoms with Crippen LogP contribution >= 0.6 is 0 Å². The van der Waals surface area contributed by atoms with Crippen LogP contribution in [0.25, 0.3) is 0 Å². The molecule has 0 aromatic carbocycles. The fraction of sp³-hybridized carbons (Fsp3) is 0.600. The van der Waals surface area contributed by atoms with Crippen LogP contribution in [0.2, 0.25) is 0 Å². The smallest absolute Gasteiger partial charge is 0.144 e. The molecule has 0 bridgehead atoms. The molecule has 1 aliphatic carbocycles. The molecule has 2 aliphatic rings. The molecule has 1 spiro atoms. The van der Waals surface area contributed by atoms with Crippen LogP contribution in [0.15, 0.2) is 18.3 Å². The van der Waals surface area contributed by atoms with Crippen molar-refractivity contribution in [3.8, 4) is 6.07 Å². The van der Waals surface area contributed by atoms with Crippen LogP contribution < -0.4 is 5.32 Å². The van der Waals surface area contributed by atoms with E-state index in [1.54, 1.807) is 18.3 Å². The Hall–Kier alpha value is -1.60. The van der Waals surface area contributed by atoms with Crippen LogP contribution in [0, 0.1) is 11.3 Å². The average molecular weight is 257 g/mol. The lowest BCUT2D eigenvalue weighted by atomic mass is 9.89. The zero-order valence-electron chi connectivity index (χ0n) is 11.1. The Labute approximate surface area is 113 Å². The van der Waals surface area contributed by atoms with Crippen LogP contribution in [0.4, 0.5) is 5.82 Å². The Kier molecular flexibility index (Phi) is 3.39. The van der Waals surface area contributed by atoms with Crippen molar-refractivity contribution < 1.29 is 4.74 Å². The van der Waals surface area contributed by atoms with Gasteiger partial charge in [0.15, 0.2) is 0 Å². The molecule has 1 unspecified atom stereocenters. The summed E-state index contributed by atoms with van der Waals surface area (Å²) in [7, 11) is 0. The highest BCUT2D eigenvalue weighted by Gasteiger charge is 2.40. The van der Waals surface area contributed by atoms with E-state index in [-0.39, 0.29) is 5.60 Å². The van der Waals surface area contributed by atoms with E-state index in [2.05, 4.69) is 16.4 Å². The van der Waals surface area contributed by atoms with Crippen molar-refractivity contribution in [1.82, 2.24) is 4.98 Å². The molecule has 4 heteroatoms. The van der Waals surface area contributed by atoms with Gasteiger partial charge in [0.05, 0.1) is 11.2 Å². The summed E-state index contributed by atoms with van der Waals surface area (Å²) in [5.41, 5.74) is 0.715. The van der Waals surface area contributed by atoms with Gasteiger partial charge >= 0.3 is 0 Å². The molecule has 19 heavy (non-hydrogen) atoms. The van der Waals surface area contributed by atoms with Gasteiger partial charge in [-0.15, -0.1) is 0 Å². The Morgan fingerprint density at radius 2 is 2.26 bits per heavy atom. The summed E-state index contributed by atoms with van der Waals surface area (Å²) < 4.78 is 6.03. The molecule has 0 radical (unpaired) electrons. The second kappa shape index (κ2) is 5.18. The first-order valence-electron chi connectivity index (χ1n) is 7.07. The van der Waals surface area contributed by atoms with Crippen molar-refractivity contribution in [2.75, 3.05) is 11.9 Å². The Morgan fingerprint density at radius 1 is 1.42 bits per heavy atom. The number of aromatic nitrogens is 1. The number of hydrogen-bond donors (Lipinski definition) is 1. The molecule has 1 aromatic rings. The number of anilines is 1. The van der Waals surface area contributed by atoms with Gasteiger partial charge in [0.2, 0.25) is 0 Å². The molecule has 1 saturated heterocycles. The van der Waals surface area contributed by atoms with E-state index in [0.717, 1.165) is 19.4 Å². The third-order valence-corrected chi connectivity index (χ3v) is 4.28. The third-order valence-electron chi connectivity index (χ3n) is 4.28. The van der Waals surface area contributed by atoms with Crippen molar-refractivity contribution in [2.45, 2.75) is 50.2 Å². The van der Waals surface area contributed by atoms with E-state index in [1.807, 2.05) is 0 Å². The lowest BCUT2D eigenvalue weighted by molar-refractivity contribution is -0.0767. The molecule has 1 saturated carbocycles. The number of nitrogens with one attached hydrogen (secondary N) is 1. The number of hydrogen-bond acceptors (Lipinski definition) is 4. The summed E-state index contributed by atoms with van der Waals surface area (Å²) in [6.45, 7) is 0.812. The topological polar surface area (TPSA) is 57.9 Å². The lowest BCUT2D eigenvalue weighted by Gasteiger charge is -2.38. The highest BCUT2D eigenvalue weighted by molar-refractivity contribution is 5.51. The van der Waals surface area contributed by atoms with Crippen molar-refractivity contribution in [3.63, 3.8) is 0 Å². The molecular formula is C15H19N3O. The van der Waals surface area contributed by atoms with E-state index in [0.29, 0.717) is 17.4 Å². The lowest BCUT2D eigenvalue weighted by Crippen LogP contribution is -2.42. The van der Waals surface area contributed by atoms with Gasteiger partial charge in [-0.25, -0.2) is 4.98 Å². The number of nitriles is 1. The average Bonchev–Trinajstić information content (AvgIpc) is 2.87. The molecule has 1 aliphatic heterocycles. The molecule has 100 valence electrons. The summed E-state index contributed by atoms with van der Waals surface area (Å²) in [6.07, 6.45) is 8.67. The highest BCUT2D eigenvalue weighted by Crippen LogP contribution is 2.40. The zero-order chi connectivity index (χ0) is 13.1. The predicted octanol–water partition coefficient (Wildman–Crippen LogP) is 2.86. The number of rotatable bonds is 2. The summed E-state index contributed by atoms with van der Waals surface area (Å²) >= 11 is 0. The fourth-order valence-electron chi connectivity index (χ4n) is 3.32. The minimum absolute atomic E-state index is 0.0947. The Morgan fingerprint density at radius 3 is 3.05 bits per heavy atom. The number of nitrogens with zero attached hydrogens (tertiary/aromatic N) is 2. The van der Waals surface area contributed by atoms with Crippen LogP contribution in [0.5, 0.6) is 0 Å². The second-order valence-electron chi connectivity index (χ2n) is 5.58. The summed E-state index contributed by atoms with van der Waals surface area (Å²) in [5.74, 6) is 0.713. The van der Waals surface area contributed by atoms with E-state index in [9.17, 15) is 0 Å². The predicted molar refractivity (Wildman–Crippen MR) is 72.7 cm³/mol. The second-order valence-corrected chi connectivity index (χ2v) is 5.58. The maximum absolute atomic E-state index is 9.10. The van der Waals surface area contributed by atoms with Gasteiger partial charge in [0.25, 0.3) is 0 Å². The fourth-order valence-corrected chi connectivity index (χ4v) is 3.32. The van der Waals surface area contributed by atoms with E-state index >= 15 is 0 Å². The van der Waals surface area contributed by atoms with E-state index < -0.39 is 0 Å². The molecule has 3 rings (SSSR count). The molecule has 1 aromatic heterocycles. The van der Waals surface area contributed by atoms with Gasteiger partial charge in [-0.2, -0.15) is 5.26 Å². The molecule has 2 fully saturated rings. The van der Waals surface area contributed by atoms with Gasteiger partial charge < -0.3 is 10.1 Å². The SMILES string of the molecule is N#Cc1cccnc1NC1CCOC2(CCCC2)C1. The minimum Gasteiger partial charge on any atom is -0.375 e. The van der Waals surface area contributed by atoms with Crippen LogP contribution in [-0.4, -0.2) is 23.2 Å². The van der Waals surface area contributed by atoms with Crippen molar-refractivity contribution >= 4 is 5.82 Å². The van der Waals surface area contributed by atoms with E-state index in [1.165, 1.54) is 25.7 Å². The van der Waals surface area contributed by atoms with Gasteiger partial charge in [-0.3, -0.25) is 0 Å². The van der Waals surface area contributed by atoms with Crippen molar-refractivity contribution in [1.29, 1.82) is 5.26 Å². The molecule has 0 amide bonds. The maximum Gasteiger partial charge on any atom is 0.144 e. The standard InChI is InChI=1S/C15H19N3O/c16-11-12-4-3-8-17-14(12)18-13-5-9-19-15(10-13)6-1-2-7-15/h3-4,8,13H,1-2,5-7,9-10H2,(H,17,18). The van der Waals surface area contributed by atoms with Gasteiger partial charge in [-0.05, 0) is 37.8 Å². The van der Waals surface area contributed by atoms with Crippen LogP contribution in [0.3, 0.4) is 0 Å². The van der Waals surface area contributed by atoms with Gasteiger partial charge in [0.1, 0.15) is 11.9 Å². The summed E-state index contributed by atoms with van der Waals surface area (Å²) in [4.78, 5) is 4.28. The molecule has 4 nitrogen and oxygen atoms in total. The van der Waals surface area contributed by atoms with Crippen molar-refractivity contribution in [3.05, 3.63) is 23.9 Å². The largest absolute Gasteiger partial charge is 0.375 e. The number of pyridine rings is 1.